The Hall–Kier alpha value is -3.59. The molecule has 0 bridgehead atoms. The summed E-state index contributed by atoms with van der Waals surface area (Å²) in [5.41, 5.74) is 2.52. The summed E-state index contributed by atoms with van der Waals surface area (Å²) >= 11 is 1.32. The lowest BCUT2D eigenvalue weighted by Crippen LogP contribution is -2.17. The van der Waals surface area contributed by atoms with Crippen molar-refractivity contribution in [2.75, 3.05) is 18.2 Å². The highest BCUT2D eigenvalue weighted by Gasteiger charge is 2.21. The van der Waals surface area contributed by atoms with E-state index in [4.69, 9.17) is 9.84 Å². The number of carbonyl (C=O) groups excluding carboxylic acids is 1. The summed E-state index contributed by atoms with van der Waals surface area (Å²) in [6, 6.07) is 19.3. The third kappa shape index (κ3) is 5.25. The van der Waals surface area contributed by atoms with Gasteiger partial charge in [-0.25, -0.2) is 4.68 Å². The van der Waals surface area contributed by atoms with Crippen LogP contribution < -0.4 is 10.1 Å². The van der Waals surface area contributed by atoms with Crippen LogP contribution in [-0.2, 0) is 10.2 Å². The van der Waals surface area contributed by atoms with Gasteiger partial charge in [0, 0.05) is 17.2 Å². The summed E-state index contributed by atoms with van der Waals surface area (Å²) in [7, 11) is 1.63. The lowest BCUT2D eigenvalue weighted by Gasteiger charge is -2.14. The van der Waals surface area contributed by atoms with E-state index >= 15 is 0 Å². The fourth-order valence-corrected chi connectivity index (χ4v) is 3.88. The molecular weight excluding hydrogens is 436 g/mol. The van der Waals surface area contributed by atoms with Gasteiger partial charge in [-0.2, -0.15) is 5.10 Å². The molecule has 1 N–H and O–H groups in total. The standard InChI is InChI=1S/C24H26N6O2S/c1-24(2,3)20-14-21(30(28-20)18-8-6-5-7-9-18)26-22(31)15-33-23-27-25-16-29(23)17-10-12-19(32-4)13-11-17/h5-14,16H,15H2,1-4H3,(H,26,31). The summed E-state index contributed by atoms with van der Waals surface area (Å²) in [6.45, 7) is 6.29. The van der Waals surface area contributed by atoms with Crippen molar-refractivity contribution in [1.29, 1.82) is 0 Å². The van der Waals surface area contributed by atoms with Crippen LogP contribution in [0.5, 0.6) is 5.75 Å². The van der Waals surface area contributed by atoms with Gasteiger partial charge < -0.3 is 10.1 Å². The van der Waals surface area contributed by atoms with E-state index in [0.29, 0.717) is 11.0 Å². The zero-order valence-corrected chi connectivity index (χ0v) is 19.8. The first-order valence-electron chi connectivity index (χ1n) is 10.5. The quantitative estimate of drug-likeness (QED) is 0.407. The fraction of sp³-hybridized carbons (Fsp3) is 0.250. The van der Waals surface area contributed by atoms with Gasteiger partial charge in [-0.3, -0.25) is 9.36 Å². The van der Waals surface area contributed by atoms with Crippen molar-refractivity contribution in [2.45, 2.75) is 31.3 Å². The highest BCUT2D eigenvalue weighted by Crippen LogP contribution is 2.27. The monoisotopic (exact) mass is 462 g/mol. The van der Waals surface area contributed by atoms with Crippen molar-refractivity contribution in [3.05, 3.63) is 72.7 Å². The summed E-state index contributed by atoms with van der Waals surface area (Å²) in [4.78, 5) is 12.8. The number of rotatable bonds is 7. The smallest absolute Gasteiger partial charge is 0.236 e. The van der Waals surface area contributed by atoms with E-state index in [9.17, 15) is 4.79 Å². The molecule has 8 nitrogen and oxygen atoms in total. The van der Waals surface area contributed by atoms with Gasteiger partial charge in [-0.15, -0.1) is 10.2 Å². The van der Waals surface area contributed by atoms with Crippen LogP contribution in [0.25, 0.3) is 11.4 Å². The Kier molecular flexibility index (Phi) is 6.50. The lowest BCUT2D eigenvalue weighted by molar-refractivity contribution is -0.113. The second-order valence-electron chi connectivity index (χ2n) is 8.43. The van der Waals surface area contributed by atoms with Gasteiger partial charge in [-0.1, -0.05) is 50.7 Å². The maximum Gasteiger partial charge on any atom is 0.236 e. The maximum absolute atomic E-state index is 12.8. The number of para-hydroxylation sites is 1. The molecule has 0 aliphatic rings. The van der Waals surface area contributed by atoms with Gasteiger partial charge in [-0.05, 0) is 36.4 Å². The Morgan fingerprint density at radius 2 is 1.79 bits per heavy atom. The summed E-state index contributed by atoms with van der Waals surface area (Å²) in [5.74, 6) is 1.43. The Balaban J connectivity index is 1.49. The number of thioether (sulfide) groups is 1. The number of methoxy groups -OCH3 is 1. The molecule has 33 heavy (non-hydrogen) atoms. The molecule has 170 valence electrons. The molecular formula is C24H26N6O2S. The van der Waals surface area contributed by atoms with Gasteiger partial charge in [0.05, 0.1) is 24.2 Å². The first-order valence-corrected chi connectivity index (χ1v) is 11.5. The molecule has 0 unspecified atom stereocenters. The number of nitrogens with zero attached hydrogens (tertiary/aromatic N) is 5. The van der Waals surface area contributed by atoms with Gasteiger partial charge in [0.2, 0.25) is 5.91 Å². The highest BCUT2D eigenvalue weighted by atomic mass is 32.2. The molecule has 1 amide bonds. The van der Waals surface area contributed by atoms with Crippen LogP contribution in [0.15, 0.2) is 72.1 Å². The Morgan fingerprint density at radius 3 is 2.45 bits per heavy atom. The molecule has 0 saturated carbocycles. The molecule has 0 atom stereocenters. The molecule has 0 fully saturated rings. The van der Waals surface area contributed by atoms with E-state index in [1.54, 1.807) is 18.1 Å². The minimum Gasteiger partial charge on any atom is -0.497 e. The second kappa shape index (κ2) is 9.50. The van der Waals surface area contributed by atoms with E-state index in [1.165, 1.54) is 11.8 Å². The zero-order valence-electron chi connectivity index (χ0n) is 19.0. The predicted molar refractivity (Wildman–Crippen MR) is 130 cm³/mol. The van der Waals surface area contributed by atoms with E-state index in [-0.39, 0.29) is 17.1 Å². The van der Waals surface area contributed by atoms with Gasteiger partial charge in [0.15, 0.2) is 5.16 Å². The number of aromatic nitrogens is 5. The fourth-order valence-electron chi connectivity index (χ4n) is 3.15. The minimum atomic E-state index is -0.151. The van der Waals surface area contributed by atoms with Crippen molar-refractivity contribution in [1.82, 2.24) is 24.5 Å². The van der Waals surface area contributed by atoms with Gasteiger partial charge in [0.1, 0.15) is 17.9 Å². The zero-order chi connectivity index (χ0) is 23.4. The number of hydrogen-bond donors (Lipinski definition) is 1. The third-order valence-corrected chi connectivity index (χ3v) is 5.89. The molecule has 0 aliphatic heterocycles. The number of nitrogens with one attached hydrogen (secondary N) is 1. The average molecular weight is 463 g/mol. The molecule has 0 saturated heterocycles. The summed E-state index contributed by atoms with van der Waals surface area (Å²) in [5, 5.41) is 16.5. The molecule has 4 aromatic rings. The number of amides is 1. The summed E-state index contributed by atoms with van der Waals surface area (Å²) < 4.78 is 8.81. The van der Waals surface area contributed by atoms with E-state index in [0.717, 1.165) is 22.8 Å². The number of anilines is 1. The number of benzene rings is 2. The first-order chi connectivity index (χ1) is 15.8. The topological polar surface area (TPSA) is 86.9 Å². The Morgan fingerprint density at radius 1 is 1.06 bits per heavy atom. The molecule has 0 spiro atoms. The van der Waals surface area contributed by atoms with E-state index < -0.39 is 0 Å². The molecule has 2 aromatic carbocycles. The molecule has 2 aromatic heterocycles. The lowest BCUT2D eigenvalue weighted by atomic mass is 9.92. The first kappa shape index (κ1) is 22.6. The van der Waals surface area contributed by atoms with Crippen LogP contribution in [-0.4, -0.2) is 43.3 Å². The van der Waals surface area contributed by atoms with Crippen molar-refractivity contribution in [3.63, 3.8) is 0 Å². The van der Waals surface area contributed by atoms with Crippen molar-refractivity contribution in [2.24, 2.45) is 0 Å². The van der Waals surface area contributed by atoms with Crippen molar-refractivity contribution < 1.29 is 9.53 Å². The number of carbonyl (C=O) groups is 1. The molecule has 0 aliphatic carbocycles. The molecule has 9 heteroatoms. The largest absolute Gasteiger partial charge is 0.497 e. The minimum absolute atomic E-state index is 0.150. The van der Waals surface area contributed by atoms with E-state index in [2.05, 4.69) is 36.3 Å². The molecule has 0 radical (unpaired) electrons. The van der Waals surface area contributed by atoms with Crippen LogP contribution in [0.3, 0.4) is 0 Å². The van der Waals surface area contributed by atoms with Crippen LogP contribution in [0.2, 0.25) is 0 Å². The number of hydrogen-bond acceptors (Lipinski definition) is 6. The normalized spacial score (nSPS) is 11.4. The third-order valence-electron chi connectivity index (χ3n) is 4.95. The van der Waals surface area contributed by atoms with Crippen molar-refractivity contribution >= 4 is 23.5 Å². The second-order valence-corrected chi connectivity index (χ2v) is 9.37. The highest BCUT2D eigenvalue weighted by molar-refractivity contribution is 7.99. The predicted octanol–water partition coefficient (Wildman–Crippen LogP) is 4.49. The number of ether oxygens (including phenoxy) is 1. The average Bonchev–Trinajstić information content (AvgIpc) is 3.45. The van der Waals surface area contributed by atoms with Crippen molar-refractivity contribution in [3.8, 4) is 17.1 Å². The van der Waals surface area contributed by atoms with Crippen LogP contribution in [0.4, 0.5) is 5.82 Å². The van der Waals surface area contributed by atoms with Crippen LogP contribution in [0, 0.1) is 0 Å². The van der Waals surface area contributed by atoms with Crippen LogP contribution in [0.1, 0.15) is 26.5 Å². The SMILES string of the molecule is COc1ccc(-n2cnnc2SCC(=O)Nc2cc(C(C)(C)C)nn2-c2ccccc2)cc1. The summed E-state index contributed by atoms with van der Waals surface area (Å²) in [6.07, 6.45) is 1.63. The molecule has 4 rings (SSSR count). The maximum atomic E-state index is 12.8. The Labute approximate surface area is 197 Å². The molecule has 2 heterocycles. The van der Waals surface area contributed by atoms with E-state index in [1.807, 2.05) is 65.2 Å². The van der Waals surface area contributed by atoms with Gasteiger partial charge in [0.25, 0.3) is 0 Å². The van der Waals surface area contributed by atoms with Crippen LogP contribution >= 0.6 is 11.8 Å². The Bertz CT molecular complexity index is 1230. The van der Waals surface area contributed by atoms with Gasteiger partial charge >= 0.3 is 0 Å².